The zero-order chi connectivity index (χ0) is 15.5. The van der Waals surface area contributed by atoms with Gasteiger partial charge in [-0.05, 0) is 25.0 Å². The number of aryl methyl sites for hydroxylation is 2. The molecule has 1 N–H and O–H groups in total. The standard InChI is InChI=1S/C17H19N3OS/c1-4-15-20-12(10-22-15)9-19-16-11(2)8-18-17-13(16)6-5-7-14(17)21-3/h5-8,10H,4,9H2,1-3H3,(H,18,19). The van der Waals surface area contributed by atoms with Crippen LogP contribution in [0.5, 0.6) is 5.75 Å². The molecular weight excluding hydrogens is 294 g/mol. The lowest BCUT2D eigenvalue weighted by molar-refractivity contribution is 0.419. The molecule has 1 aromatic carbocycles. The summed E-state index contributed by atoms with van der Waals surface area (Å²) in [5.74, 6) is 0.794. The Balaban J connectivity index is 1.93. The van der Waals surface area contributed by atoms with Crippen LogP contribution in [0.4, 0.5) is 5.69 Å². The van der Waals surface area contributed by atoms with E-state index in [0.29, 0.717) is 6.54 Å². The van der Waals surface area contributed by atoms with Gasteiger partial charge in [0.05, 0.1) is 24.4 Å². The third-order valence-corrected chi connectivity index (χ3v) is 4.66. The number of benzene rings is 1. The van der Waals surface area contributed by atoms with Crippen molar-refractivity contribution in [3.8, 4) is 5.75 Å². The van der Waals surface area contributed by atoms with Crippen LogP contribution in [-0.4, -0.2) is 17.1 Å². The average molecular weight is 313 g/mol. The van der Waals surface area contributed by atoms with Crippen LogP contribution in [0.2, 0.25) is 0 Å². The van der Waals surface area contributed by atoms with Gasteiger partial charge in [-0.1, -0.05) is 19.1 Å². The Kier molecular flexibility index (Phi) is 4.24. The Morgan fingerprint density at radius 1 is 1.32 bits per heavy atom. The largest absolute Gasteiger partial charge is 0.494 e. The average Bonchev–Trinajstić information content (AvgIpc) is 3.01. The highest BCUT2D eigenvalue weighted by atomic mass is 32.1. The maximum absolute atomic E-state index is 5.40. The van der Waals surface area contributed by atoms with Crippen molar-refractivity contribution < 1.29 is 4.74 Å². The first-order chi connectivity index (χ1) is 10.7. The molecule has 0 saturated heterocycles. The Morgan fingerprint density at radius 2 is 2.18 bits per heavy atom. The molecule has 5 heteroatoms. The number of anilines is 1. The summed E-state index contributed by atoms with van der Waals surface area (Å²) in [4.78, 5) is 9.11. The van der Waals surface area contributed by atoms with Crippen molar-refractivity contribution in [3.63, 3.8) is 0 Å². The number of aromatic nitrogens is 2. The SMILES string of the molecule is CCc1nc(CNc2c(C)cnc3c(OC)cccc23)cs1. The highest BCUT2D eigenvalue weighted by Crippen LogP contribution is 2.31. The van der Waals surface area contributed by atoms with Crippen LogP contribution in [0.15, 0.2) is 29.8 Å². The van der Waals surface area contributed by atoms with Gasteiger partial charge < -0.3 is 10.1 Å². The van der Waals surface area contributed by atoms with Crippen molar-refractivity contribution >= 4 is 27.9 Å². The van der Waals surface area contributed by atoms with E-state index in [9.17, 15) is 0 Å². The zero-order valence-electron chi connectivity index (χ0n) is 13.0. The van der Waals surface area contributed by atoms with Crippen LogP contribution < -0.4 is 10.1 Å². The van der Waals surface area contributed by atoms with Crippen molar-refractivity contribution in [2.75, 3.05) is 12.4 Å². The van der Waals surface area contributed by atoms with Gasteiger partial charge in [0.2, 0.25) is 0 Å². The van der Waals surface area contributed by atoms with Crippen LogP contribution in [0, 0.1) is 6.92 Å². The zero-order valence-corrected chi connectivity index (χ0v) is 13.8. The van der Waals surface area contributed by atoms with Gasteiger partial charge in [0, 0.05) is 22.7 Å². The fourth-order valence-electron chi connectivity index (χ4n) is 2.47. The predicted octanol–water partition coefficient (Wildman–Crippen LogP) is 4.18. The van der Waals surface area contributed by atoms with Crippen LogP contribution in [0.3, 0.4) is 0 Å². The van der Waals surface area contributed by atoms with E-state index < -0.39 is 0 Å². The monoisotopic (exact) mass is 313 g/mol. The van der Waals surface area contributed by atoms with Crippen molar-refractivity contribution in [2.24, 2.45) is 0 Å². The number of rotatable bonds is 5. The Hall–Kier alpha value is -2.14. The quantitative estimate of drug-likeness (QED) is 0.767. The molecule has 3 rings (SSSR count). The topological polar surface area (TPSA) is 47.0 Å². The van der Waals surface area contributed by atoms with E-state index in [-0.39, 0.29) is 0 Å². The van der Waals surface area contributed by atoms with E-state index in [4.69, 9.17) is 4.74 Å². The predicted molar refractivity (Wildman–Crippen MR) is 91.9 cm³/mol. The number of methoxy groups -OCH3 is 1. The lowest BCUT2D eigenvalue weighted by atomic mass is 10.1. The third-order valence-electron chi connectivity index (χ3n) is 3.62. The van der Waals surface area contributed by atoms with Crippen LogP contribution in [0.1, 0.15) is 23.2 Å². The summed E-state index contributed by atoms with van der Waals surface area (Å²) in [5, 5.41) is 7.88. The molecule has 0 atom stereocenters. The minimum absolute atomic E-state index is 0.716. The number of fused-ring (bicyclic) bond motifs is 1. The van der Waals surface area contributed by atoms with Crippen molar-refractivity contribution in [2.45, 2.75) is 26.8 Å². The fourth-order valence-corrected chi connectivity index (χ4v) is 3.21. The maximum Gasteiger partial charge on any atom is 0.145 e. The van der Waals surface area contributed by atoms with E-state index in [2.05, 4.69) is 40.6 Å². The van der Waals surface area contributed by atoms with E-state index in [1.165, 1.54) is 5.01 Å². The van der Waals surface area contributed by atoms with E-state index in [0.717, 1.165) is 40.0 Å². The number of ether oxygens (including phenoxy) is 1. The molecule has 114 valence electrons. The maximum atomic E-state index is 5.40. The molecule has 0 saturated carbocycles. The second-order valence-corrected chi connectivity index (χ2v) is 6.05. The molecule has 22 heavy (non-hydrogen) atoms. The van der Waals surface area contributed by atoms with E-state index in [1.807, 2.05) is 18.3 Å². The highest BCUT2D eigenvalue weighted by Gasteiger charge is 2.10. The molecule has 2 aromatic heterocycles. The highest BCUT2D eigenvalue weighted by molar-refractivity contribution is 7.09. The normalized spacial score (nSPS) is 10.9. The summed E-state index contributed by atoms with van der Waals surface area (Å²) in [6, 6.07) is 5.99. The van der Waals surface area contributed by atoms with Crippen molar-refractivity contribution in [1.29, 1.82) is 0 Å². The Morgan fingerprint density at radius 3 is 2.91 bits per heavy atom. The first kappa shape index (κ1) is 14.8. The van der Waals surface area contributed by atoms with Gasteiger partial charge in [-0.15, -0.1) is 11.3 Å². The molecule has 0 amide bonds. The van der Waals surface area contributed by atoms with Crippen molar-refractivity contribution in [1.82, 2.24) is 9.97 Å². The third kappa shape index (κ3) is 2.76. The lowest BCUT2D eigenvalue weighted by Gasteiger charge is -2.13. The van der Waals surface area contributed by atoms with Gasteiger partial charge in [-0.25, -0.2) is 4.98 Å². The number of pyridine rings is 1. The summed E-state index contributed by atoms with van der Waals surface area (Å²) in [7, 11) is 1.67. The molecule has 0 fully saturated rings. The molecule has 0 unspecified atom stereocenters. The minimum Gasteiger partial charge on any atom is -0.494 e. The molecule has 0 radical (unpaired) electrons. The summed E-state index contributed by atoms with van der Waals surface area (Å²) in [6.45, 7) is 4.91. The van der Waals surface area contributed by atoms with Crippen LogP contribution >= 0.6 is 11.3 Å². The molecule has 3 aromatic rings. The fraction of sp³-hybridized carbons (Fsp3) is 0.294. The number of thiazole rings is 1. The summed E-state index contributed by atoms with van der Waals surface area (Å²) >= 11 is 1.72. The first-order valence-corrected chi connectivity index (χ1v) is 8.20. The van der Waals surface area contributed by atoms with E-state index in [1.54, 1.807) is 18.4 Å². The Bertz CT molecular complexity index is 798. The van der Waals surface area contributed by atoms with Gasteiger partial charge in [0.15, 0.2) is 0 Å². The number of nitrogens with one attached hydrogen (secondary N) is 1. The van der Waals surface area contributed by atoms with Gasteiger partial charge in [-0.2, -0.15) is 0 Å². The first-order valence-electron chi connectivity index (χ1n) is 7.32. The molecule has 0 aliphatic rings. The molecule has 0 bridgehead atoms. The number of hydrogen-bond acceptors (Lipinski definition) is 5. The second-order valence-electron chi connectivity index (χ2n) is 5.11. The molecule has 0 aliphatic carbocycles. The van der Waals surface area contributed by atoms with Gasteiger partial charge in [0.1, 0.15) is 11.3 Å². The van der Waals surface area contributed by atoms with Gasteiger partial charge in [-0.3, -0.25) is 4.98 Å². The summed E-state index contributed by atoms with van der Waals surface area (Å²) < 4.78 is 5.40. The van der Waals surface area contributed by atoms with E-state index >= 15 is 0 Å². The molecule has 2 heterocycles. The molecular formula is C17H19N3OS. The smallest absolute Gasteiger partial charge is 0.145 e. The van der Waals surface area contributed by atoms with Gasteiger partial charge in [0.25, 0.3) is 0 Å². The van der Waals surface area contributed by atoms with Crippen LogP contribution in [0.25, 0.3) is 10.9 Å². The Labute approximate surface area is 134 Å². The summed E-state index contributed by atoms with van der Waals surface area (Å²) in [5.41, 5.74) is 4.17. The van der Waals surface area contributed by atoms with Gasteiger partial charge >= 0.3 is 0 Å². The number of hydrogen-bond donors (Lipinski definition) is 1. The number of para-hydroxylation sites is 1. The number of nitrogens with zero attached hydrogens (tertiary/aromatic N) is 2. The molecule has 4 nitrogen and oxygen atoms in total. The van der Waals surface area contributed by atoms with Crippen LogP contribution in [-0.2, 0) is 13.0 Å². The lowest BCUT2D eigenvalue weighted by Crippen LogP contribution is -2.03. The second kappa shape index (κ2) is 6.32. The minimum atomic E-state index is 0.716. The summed E-state index contributed by atoms with van der Waals surface area (Å²) in [6.07, 6.45) is 2.87. The van der Waals surface area contributed by atoms with Crippen molar-refractivity contribution in [3.05, 3.63) is 46.0 Å². The molecule has 0 spiro atoms. The molecule has 0 aliphatic heterocycles.